The monoisotopic (exact) mass is 563 g/mol. The molecule has 1 N–H and O–H groups in total. The van der Waals surface area contributed by atoms with E-state index in [1.165, 1.54) is 4.31 Å². The summed E-state index contributed by atoms with van der Waals surface area (Å²) < 4.78 is 28.6. The Morgan fingerprint density at radius 1 is 1.07 bits per heavy atom. The second kappa shape index (κ2) is 9.89. The zero-order valence-corrected chi connectivity index (χ0v) is 20.2. The number of halogens is 3. The highest BCUT2D eigenvalue weighted by molar-refractivity contribution is 9.11. The van der Waals surface area contributed by atoms with Crippen LogP contribution in [0.1, 0.15) is 5.56 Å². The van der Waals surface area contributed by atoms with Gasteiger partial charge in [0.15, 0.2) is 0 Å². The molecule has 0 atom stereocenters. The molecule has 10 heteroatoms. The van der Waals surface area contributed by atoms with Gasteiger partial charge in [-0.1, -0.05) is 45.7 Å². The Bertz CT molecular complexity index is 996. The van der Waals surface area contributed by atoms with E-state index >= 15 is 0 Å². The second-order valence-corrected chi connectivity index (χ2v) is 10.7. The molecule has 1 heterocycles. The van der Waals surface area contributed by atoms with Crippen molar-refractivity contribution >= 4 is 59.4 Å². The molecule has 1 amide bonds. The van der Waals surface area contributed by atoms with Crippen LogP contribution in [0.15, 0.2) is 56.3 Å². The van der Waals surface area contributed by atoms with E-state index in [1.54, 1.807) is 24.3 Å². The van der Waals surface area contributed by atoms with Crippen LogP contribution in [0.3, 0.4) is 0 Å². The van der Waals surface area contributed by atoms with Crippen molar-refractivity contribution < 1.29 is 13.2 Å². The minimum absolute atomic E-state index is 0.115. The van der Waals surface area contributed by atoms with Crippen LogP contribution >= 0.6 is 43.5 Å². The number of hydrogen-bond donors (Lipinski definition) is 1. The van der Waals surface area contributed by atoms with E-state index in [0.717, 1.165) is 5.56 Å². The lowest BCUT2D eigenvalue weighted by molar-refractivity contribution is -0.122. The van der Waals surface area contributed by atoms with Crippen LogP contribution in [-0.4, -0.2) is 56.3 Å². The SMILES string of the molecule is O=C(CN1CCN(S(=O)(=O)c2cc(Br)ccc2Br)CC1)NCc1ccccc1Cl. The van der Waals surface area contributed by atoms with Gasteiger partial charge in [0.1, 0.15) is 0 Å². The van der Waals surface area contributed by atoms with Crippen molar-refractivity contribution in [3.05, 3.63) is 62.0 Å². The van der Waals surface area contributed by atoms with Gasteiger partial charge in [-0.3, -0.25) is 9.69 Å². The van der Waals surface area contributed by atoms with Crippen LogP contribution in [0.4, 0.5) is 0 Å². The van der Waals surface area contributed by atoms with Gasteiger partial charge < -0.3 is 5.32 Å². The molecule has 2 aromatic carbocycles. The molecule has 1 saturated heterocycles. The molecule has 3 rings (SSSR count). The van der Waals surface area contributed by atoms with E-state index in [4.69, 9.17) is 11.6 Å². The van der Waals surface area contributed by atoms with E-state index < -0.39 is 10.0 Å². The fraction of sp³-hybridized carbons (Fsp3) is 0.316. The van der Waals surface area contributed by atoms with Gasteiger partial charge in [0.25, 0.3) is 0 Å². The highest BCUT2D eigenvalue weighted by Gasteiger charge is 2.30. The highest BCUT2D eigenvalue weighted by Crippen LogP contribution is 2.28. The summed E-state index contributed by atoms with van der Waals surface area (Å²) in [4.78, 5) is 14.4. The molecule has 1 aliphatic rings. The maximum absolute atomic E-state index is 12.9. The lowest BCUT2D eigenvalue weighted by atomic mass is 10.2. The maximum Gasteiger partial charge on any atom is 0.244 e. The summed E-state index contributed by atoms with van der Waals surface area (Å²) in [6.07, 6.45) is 0. The summed E-state index contributed by atoms with van der Waals surface area (Å²) in [7, 11) is -3.60. The standard InChI is InChI=1S/C19H20Br2ClN3O3S/c20-15-5-6-16(21)18(11-15)29(27,28)25-9-7-24(8-10-25)13-19(26)23-12-14-3-1-2-4-17(14)22/h1-6,11H,7-10,12-13H2,(H,23,26). The first kappa shape index (κ1) is 22.7. The Balaban J connectivity index is 1.53. The van der Waals surface area contributed by atoms with Crippen molar-refractivity contribution in [2.24, 2.45) is 0 Å². The predicted molar refractivity (Wildman–Crippen MR) is 120 cm³/mol. The van der Waals surface area contributed by atoms with Crippen LogP contribution in [0.5, 0.6) is 0 Å². The first-order valence-electron chi connectivity index (χ1n) is 8.95. The first-order valence-corrected chi connectivity index (χ1v) is 12.4. The van der Waals surface area contributed by atoms with Gasteiger partial charge in [0, 0.05) is 46.7 Å². The van der Waals surface area contributed by atoms with Crippen molar-refractivity contribution in [1.29, 1.82) is 0 Å². The molecule has 1 aliphatic heterocycles. The molecule has 6 nitrogen and oxygen atoms in total. The van der Waals surface area contributed by atoms with E-state index in [1.807, 2.05) is 23.1 Å². The third kappa shape index (κ3) is 5.80. The fourth-order valence-electron chi connectivity index (χ4n) is 3.04. The van der Waals surface area contributed by atoms with Gasteiger partial charge in [-0.15, -0.1) is 0 Å². The van der Waals surface area contributed by atoms with E-state index in [2.05, 4.69) is 37.2 Å². The van der Waals surface area contributed by atoms with Gasteiger partial charge in [-0.2, -0.15) is 4.31 Å². The number of nitrogens with one attached hydrogen (secondary N) is 1. The van der Waals surface area contributed by atoms with Crippen LogP contribution in [0.25, 0.3) is 0 Å². The number of sulfonamides is 1. The zero-order chi connectivity index (χ0) is 21.0. The van der Waals surface area contributed by atoms with E-state index in [9.17, 15) is 13.2 Å². The summed E-state index contributed by atoms with van der Waals surface area (Å²) in [6.45, 7) is 2.23. The van der Waals surface area contributed by atoms with Gasteiger partial charge >= 0.3 is 0 Å². The topological polar surface area (TPSA) is 69.7 Å². The zero-order valence-electron chi connectivity index (χ0n) is 15.4. The largest absolute Gasteiger partial charge is 0.351 e. The van der Waals surface area contributed by atoms with Gasteiger partial charge in [0.05, 0.1) is 11.4 Å². The van der Waals surface area contributed by atoms with Gasteiger partial charge in [-0.25, -0.2) is 8.42 Å². The Morgan fingerprint density at radius 2 is 1.76 bits per heavy atom. The molecule has 156 valence electrons. The van der Waals surface area contributed by atoms with Gasteiger partial charge in [0.2, 0.25) is 15.9 Å². The molecular formula is C19H20Br2ClN3O3S. The Hall–Kier alpha value is -0.970. The molecule has 1 fully saturated rings. The smallest absolute Gasteiger partial charge is 0.244 e. The molecule has 29 heavy (non-hydrogen) atoms. The minimum atomic E-state index is -3.60. The summed E-state index contributed by atoms with van der Waals surface area (Å²) in [6, 6.07) is 12.4. The molecule has 0 unspecified atom stereocenters. The third-order valence-corrected chi connectivity index (χ3v) is 8.40. The first-order chi connectivity index (χ1) is 13.8. The number of piperazine rings is 1. The molecule has 0 aliphatic carbocycles. The predicted octanol–water partition coefficient (Wildman–Crippen LogP) is 3.49. The fourth-order valence-corrected chi connectivity index (χ4v) is 6.12. The number of nitrogens with zero attached hydrogens (tertiary/aromatic N) is 2. The van der Waals surface area contributed by atoms with E-state index in [-0.39, 0.29) is 17.3 Å². The Labute approximate surface area is 192 Å². The maximum atomic E-state index is 12.9. The van der Waals surface area contributed by atoms with Crippen LogP contribution in [0, 0.1) is 0 Å². The van der Waals surface area contributed by atoms with E-state index in [0.29, 0.717) is 46.7 Å². The summed E-state index contributed by atoms with van der Waals surface area (Å²) in [5.74, 6) is -0.115. The molecule has 0 radical (unpaired) electrons. The van der Waals surface area contributed by atoms with Crippen LogP contribution in [0.2, 0.25) is 5.02 Å². The number of benzene rings is 2. The normalized spacial score (nSPS) is 16.0. The molecular weight excluding hydrogens is 546 g/mol. The minimum Gasteiger partial charge on any atom is -0.351 e. The average Bonchev–Trinajstić information content (AvgIpc) is 2.69. The lowest BCUT2D eigenvalue weighted by Crippen LogP contribution is -2.51. The van der Waals surface area contributed by atoms with Crippen molar-refractivity contribution in [2.45, 2.75) is 11.4 Å². The Kier molecular flexibility index (Phi) is 7.75. The second-order valence-electron chi connectivity index (χ2n) is 6.62. The molecule has 0 aromatic heterocycles. The van der Waals surface area contributed by atoms with Crippen LogP contribution in [-0.2, 0) is 21.4 Å². The Morgan fingerprint density at radius 3 is 2.45 bits per heavy atom. The molecule has 0 spiro atoms. The number of hydrogen-bond acceptors (Lipinski definition) is 4. The summed E-state index contributed by atoms with van der Waals surface area (Å²) >= 11 is 12.7. The molecule has 0 saturated carbocycles. The van der Waals surface area contributed by atoms with Crippen molar-refractivity contribution in [3.8, 4) is 0 Å². The summed E-state index contributed by atoms with van der Waals surface area (Å²) in [5.41, 5.74) is 0.859. The van der Waals surface area contributed by atoms with Crippen molar-refractivity contribution in [3.63, 3.8) is 0 Å². The number of carbonyl (C=O) groups excluding carboxylic acids is 1. The third-order valence-electron chi connectivity index (χ3n) is 4.64. The number of rotatable bonds is 6. The number of carbonyl (C=O) groups is 1. The quantitative estimate of drug-likeness (QED) is 0.583. The highest BCUT2D eigenvalue weighted by atomic mass is 79.9. The number of amides is 1. The average molecular weight is 566 g/mol. The lowest BCUT2D eigenvalue weighted by Gasteiger charge is -2.33. The molecule has 2 aromatic rings. The van der Waals surface area contributed by atoms with Crippen LogP contribution < -0.4 is 5.32 Å². The summed E-state index contributed by atoms with van der Waals surface area (Å²) in [5, 5.41) is 3.48. The van der Waals surface area contributed by atoms with Crippen molar-refractivity contribution in [1.82, 2.24) is 14.5 Å². The van der Waals surface area contributed by atoms with Crippen molar-refractivity contribution in [2.75, 3.05) is 32.7 Å². The van der Waals surface area contributed by atoms with Gasteiger partial charge in [-0.05, 0) is 45.8 Å². The molecule has 0 bridgehead atoms.